The van der Waals surface area contributed by atoms with Crippen LogP contribution in [-0.2, 0) is 40.5 Å². The Balaban J connectivity index is 0.000000163. The van der Waals surface area contributed by atoms with Gasteiger partial charge in [-0.2, -0.15) is 25.5 Å². The molecule has 0 radical (unpaired) electrons. The largest absolute Gasteiger partial charge is 0.491 e. The van der Waals surface area contributed by atoms with Crippen molar-refractivity contribution >= 4 is 104 Å². The molecule has 0 amide bonds. The minimum absolute atomic E-state index is 0.105. The fraction of sp³-hybridized carbons (Fsp3) is 0.309. The molecule has 0 saturated heterocycles. The number of para-hydroxylation sites is 5. The summed E-state index contributed by atoms with van der Waals surface area (Å²) < 4.78 is 9.15. The van der Waals surface area contributed by atoms with Gasteiger partial charge in [0.15, 0.2) is 33.3 Å². The molecule has 15 rings (SSSR count). The zero-order valence-corrected chi connectivity index (χ0v) is 80.1. The highest BCUT2D eigenvalue weighted by Gasteiger charge is 2.32. The van der Waals surface area contributed by atoms with Gasteiger partial charge in [-0.25, -0.2) is 43.0 Å². The molecular formula is C94H104N36O5S. The lowest BCUT2D eigenvalue weighted by Crippen LogP contribution is -2.14. The summed E-state index contributed by atoms with van der Waals surface area (Å²) in [5, 5.41) is 98.7. The summed E-state index contributed by atoms with van der Waals surface area (Å²) in [4.78, 5) is 70.8. The van der Waals surface area contributed by atoms with Crippen LogP contribution in [0.5, 0.6) is 5.88 Å². The van der Waals surface area contributed by atoms with E-state index in [1.807, 2.05) is 276 Å². The van der Waals surface area contributed by atoms with Crippen molar-refractivity contribution in [3.05, 3.63) is 300 Å². The molecule has 0 atom stereocenters. The molecule has 41 nitrogen and oxygen atoms in total. The fourth-order valence-electron chi connectivity index (χ4n) is 13.4. The van der Waals surface area contributed by atoms with Gasteiger partial charge in [0.05, 0.1) is 78.4 Å². The maximum atomic E-state index is 13.0. The number of anilines is 1. The van der Waals surface area contributed by atoms with Crippen LogP contribution in [0.4, 0.5) is 91.9 Å². The summed E-state index contributed by atoms with van der Waals surface area (Å²) in [7, 11) is 5.30. The highest BCUT2D eigenvalue weighted by Crippen LogP contribution is 2.44. The van der Waals surface area contributed by atoms with Gasteiger partial charge in [0.1, 0.15) is 0 Å². The second-order valence-electron chi connectivity index (χ2n) is 36.3. The van der Waals surface area contributed by atoms with Crippen molar-refractivity contribution in [2.45, 2.75) is 171 Å². The van der Waals surface area contributed by atoms with E-state index in [4.69, 9.17) is 45.1 Å². The fourth-order valence-corrected chi connectivity index (χ4v) is 13.7. The Morgan fingerprint density at radius 3 is 1.03 bits per heavy atom. The van der Waals surface area contributed by atoms with Gasteiger partial charge in [0, 0.05) is 60.4 Å². The molecular weight excluding hydrogens is 1750 g/mol. The highest BCUT2D eigenvalue weighted by molar-refractivity contribution is 7.71. The summed E-state index contributed by atoms with van der Waals surface area (Å²) in [5.74, 6) is 1.55. The molecule has 42 heteroatoms. The quantitative estimate of drug-likeness (QED) is 0.0218. The smallest absolute Gasteiger partial charge is 0.301 e. The molecule has 5 aromatic carbocycles. The van der Waals surface area contributed by atoms with Crippen LogP contribution in [0.3, 0.4) is 0 Å². The Morgan fingerprint density at radius 2 is 0.684 bits per heavy atom. The number of H-pyrrole nitrogens is 9. The Kier molecular flexibility index (Phi) is 30.2. The van der Waals surface area contributed by atoms with E-state index in [1.165, 1.54) is 23.3 Å². The summed E-state index contributed by atoms with van der Waals surface area (Å²) in [6.07, 6.45) is 0.637. The SMILES string of the molecule is [C-]#[N+]c1c(N=Nc2c(C(C)(C)C)[nH]n(-c3ccccc3)c2=O)n[nH]c1C(C)C.[C-]#[N+]c1c(N=Nc2c(C(C)(C)C)[nH]n(-c3ccccc3)c2=O)n[nH]c1CC.[C-]#[N+]c1c(N=Nc2c(C)[nH]n(-c3ccccc3)c2=O)n[nH]c1C(C)(C)C.[C-]#[N+]c1c(N=Nc2c(N(C)C)[nH]n(-c3ccccc3)c2=O)n[nH]c1C(C)(C)C.[C-]#[N+]c1c(N=Nc2c(O)n(-c3ccccc3)c(=S)n2C)n[nH]c1C(C)(C)C. The lowest BCUT2D eigenvalue weighted by atomic mass is 9.91. The first kappa shape index (κ1) is 99.2. The average Bonchev–Trinajstić information content (AvgIpc) is 1.69. The second-order valence-corrected chi connectivity index (χ2v) is 36.7. The third kappa shape index (κ3) is 22.0. The monoisotopic (exact) mass is 1850 g/mol. The van der Waals surface area contributed by atoms with Gasteiger partial charge in [-0.3, -0.25) is 74.2 Å². The zero-order valence-electron chi connectivity index (χ0n) is 79.3. The molecule has 0 fully saturated rings. The van der Waals surface area contributed by atoms with Crippen LogP contribution in [0.1, 0.15) is 176 Å². The van der Waals surface area contributed by atoms with Crippen LogP contribution in [0.15, 0.2) is 222 Å². The Labute approximate surface area is 787 Å². The van der Waals surface area contributed by atoms with Crippen LogP contribution in [0.25, 0.3) is 52.7 Å². The van der Waals surface area contributed by atoms with Gasteiger partial charge in [0.25, 0.3) is 45.1 Å². The number of nitrogens with zero attached hydrogens (tertiary/aromatic N) is 27. The van der Waals surface area contributed by atoms with Crippen LogP contribution in [-0.4, -0.2) is 118 Å². The number of aromatic hydroxyl groups is 1. The van der Waals surface area contributed by atoms with Gasteiger partial charge < -0.3 is 10.0 Å². The predicted molar refractivity (Wildman–Crippen MR) is 524 cm³/mol. The number of aryl methyl sites for hydroxylation is 2. The summed E-state index contributed by atoms with van der Waals surface area (Å²) in [6, 6.07) is 46.2. The lowest BCUT2D eigenvalue weighted by Gasteiger charge is -2.16. The van der Waals surface area contributed by atoms with Crippen molar-refractivity contribution in [1.29, 1.82) is 0 Å². The molecule has 136 heavy (non-hydrogen) atoms. The maximum Gasteiger partial charge on any atom is 0.301 e. The van der Waals surface area contributed by atoms with E-state index in [1.54, 1.807) is 37.5 Å². The Bertz CT molecular complexity index is 7510. The molecule has 10 N–H and O–H groups in total. The van der Waals surface area contributed by atoms with E-state index in [0.717, 1.165) is 0 Å². The van der Waals surface area contributed by atoms with Gasteiger partial charge in [-0.15, -0.1) is 51.1 Å². The number of benzene rings is 5. The topological polar surface area (TPSA) is 473 Å². The normalized spacial score (nSPS) is 11.8. The molecule has 696 valence electrons. The van der Waals surface area contributed by atoms with Crippen LogP contribution in [0.2, 0.25) is 0 Å². The first-order chi connectivity index (χ1) is 64.4. The number of rotatable bonds is 18. The molecule has 15 aromatic rings. The van der Waals surface area contributed by atoms with Crippen molar-refractivity contribution in [3.8, 4) is 34.3 Å². The standard InChI is InChI=1S/C20H23N7O.C19H22N8O.C19H21N7O.C18H19N7OS.C18H19N7O/c1-12(2)14-15(21-6)18(24-22-14)25-23-16-17(20(3,4)5)26-27(19(16)28)13-10-8-7-9-11-13;1-19(2,3)15-13(20-4)16(24-22-15)23-21-14-17(26(5)6)25-27(18(14)28)12-10-8-7-9-11-12;1-6-13-14(20-5)17(23-21-13)24-22-15-16(19(2,3)4)25-26(18(15)27)12-10-8-7-9-11-12;1-18(2,3)13-12(19-4)14(21-20-13)22-23-15-16(26)25(17(27)24(15)5)11-9-7-6-8-10-11;1-11-13(17(26)25(24-11)12-9-7-6-8-10-12)20-22-16-14(19-5)15(21-23-16)18(2,3)4/h7-12,26H,1-5H3,(H,22,24);7-11,25H,1-3,5-6H3,(H,22,24);7-11,25H,6H2,1-4H3,(H,21,23);6-10,26H,1-3,5H3,(H,20,21);6-10,24H,1-4H3,(H,21,23). The van der Waals surface area contributed by atoms with E-state index >= 15 is 0 Å². The Hall–Kier alpha value is -17.3. The molecule has 0 aliphatic rings. The molecule has 0 aliphatic carbocycles. The number of nitrogens with one attached hydrogen (secondary N) is 9. The van der Waals surface area contributed by atoms with Gasteiger partial charge >= 0.3 is 5.56 Å². The van der Waals surface area contributed by atoms with E-state index in [0.29, 0.717) is 119 Å². The third-order valence-corrected chi connectivity index (χ3v) is 21.0. The molecule has 10 aromatic heterocycles. The third-order valence-electron chi connectivity index (χ3n) is 20.5. The van der Waals surface area contributed by atoms with E-state index in [2.05, 4.69) is 147 Å². The second kappa shape index (κ2) is 41.4. The van der Waals surface area contributed by atoms with E-state index < -0.39 is 0 Å². The summed E-state index contributed by atoms with van der Waals surface area (Å²) in [6.45, 7) is 74.3. The number of hydrogen-bond donors (Lipinski definition) is 10. The maximum absolute atomic E-state index is 13.0. The predicted octanol–water partition coefficient (Wildman–Crippen LogP) is 23.9. The van der Waals surface area contributed by atoms with Gasteiger partial charge in [-0.1, -0.05) is 216 Å². The van der Waals surface area contributed by atoms with Crippen LogP contribution in [0, 0.1) is 44.6 Å². The summed E-state index contributed by atoms with van der Waals surface area (Å²) in [5.41, 5.74) is 8.45. The zero-order chi connectivity index (χ0) is 99.2. The molecule has 0 aliphatic heterocycles. The van der Waals surface area contributed by atoms with E-state index in [9.17, 15) is 24.3 Å². The van der Waals surface area contributed by atoms with Crippen molar-refractivity contribution in [1.82, 2.24) is 99.2 Å². The highest BCUT2D eigenvalue weighted by atomic mass is 32.1. The van der Waals surface area contributed by atoms with Crippen molar-refractivity contribution < 1.29 is 5.11 Å². The summed E-state index contributed by atoms with van der Waals surface area (Å²) >= 11 is 5.41. The molecule has 0 bridgehead atoms. The first-order valence-electron chi connectivity index (χ1n) is 42.6. The lowest BCUT2D eigenvalue weighted by molar-refractivity contribution is 0.443. The number of hydrogen-bond acceptors (Lipinski definition) is 22. The van der Waals surface area contributed by atoms with Gasteiger partial charge in [-0.05, 0) is 108 Å². The molecule has 0 spiro atoms. The van der Waals surface area contributed by atoms with Crippen molar-refractivity contribution in [2.75, 3.05) is 19.0 Å². The van der Waals surface area contributed by atoms with Crippen LogP contribution < -0.4 is 27.1 Å². The van der Waals surface area contributed by atoms with Crippen molar-refractivity contribution in [3.63, 3.8) is 0 Å². The van der Waals surface area contributed by atoms with Crippen LogP contribution >= 0.6 is 12.2 Å². The minimum atomic E-state index is -0.356. The molecule has 0 saturated carbocycles. The first-order valence-corrected chi connectivity index (χ1v) is 43.0. The number of aromatic nitrogens is 20. The number of imidazole rings is 1. The molecule has 0 unspecified atom stereocenters. The van der Waals surface area contributed by atoms with E-state index in [-0.39, 0.29) is 119 Å². The van der Waals surface area contributed by atoms with Crippen molar-refractivity contribution in [2.24, 2.45) is 58.2 Å². The Morgan fingerprint density at radius 1 is 0.390 bits per heavy atom. The number of aromatic amines is 9. The number of azo groups is 5. The minimum Gasteiger partial charge on any atom is -0.491 e. The van der Waals surface area contributed by atoms with Gasteiger partial charge in [0.2, 0.25) is 40.8 Å². The molecule has 10 heterocycles. The average molecular weight is 1850 g/mol.